The van der Waals surface area contributed by atoms with E-state index in [4.69, 9.17) is 4.74 Å². The molecule has 0 radical (unpaired) electrons. The van der Waals surface area contributed by atoms with Gasteiger partial charge in [0.15, 0.2) is 5.76 Å². The van der Waals surface area contributed by atoms with Crippen LogP contribution in [0.15, 0.2) is 53.6 Å². The van der Waals surface area contributed by atoms with E-state index in [-0.39, 0.29) is 17.3 Å². The van der Waals surface area contributed by atoms with E-state index in [0.717, 1.165) is 36.7 Å². The maximum absolute atomic E-state index is 13.2. The number of aryl methyl sites for hydroxylation is 1. The molecule has 32 heavy (non-hydrogen) atoms. The topological polar surface area (TPSA) is 53.0 Å². The molecule has 2 aromatic carbocycles. The molecule has 1 saturated heterocycles. The van der Waals surface area contributed by atoms with E-state index in [1.54, 1.807) is 24.3 Å². The SMILES string of the molecule is Cc1cc(O)c(CN2CCN(c3ccc(F)cc3)CC2)c2c1C(=O)/C(=C/c1cccs1)O2. The van der Waals surface area contributed by atoms with E-state index < -0.39 is 0 Å². The Hall–Kier alpha value is -3.16. The molecule has 2 aliphatic rings. The van der Waals surface area contributed by atoms with Gasteiger partial charge in [0.05, 0.1) is 11.1 Å². The molecule has 164 valence electrons. The summed E-state index contributed by atoms with van der Waals surface area (Å²) in [5.74, 6) is 0.522. The smallest absolute Gasteiger partial charge is 0.232 e. The highest BCUT2D eigenvalue weighted by atomic mass is 32.1. The first kappa shape index (κ1) is 20.7. The highest BCUT2D eigenvalue weighted by molar-refractivity contribution is 7.10. The van der Waals surface area contributed by atoms with Gasteiger partial charge >= 0.3 is 0 Å². The van der Waals surface area contributed by atoms with Gasteiger partial charge in [-0.1, -0.05) is 6.07 Å². The van der Waals surface area contributed by atoms with Crippen LogP contribution >= 0.6 is 11.3 Å². The Labute approximate surface area is 190 Å². The predicted molar refractivity (Wildman–Crippen MR) is 124 cm³/mol. The summed E-state index contributed by atoms with van der Waals surface area (Å²) in [6.07, 6.45) is 1.76. The molecule has 0 unspecified atom stereocenters. The average Bonchev–Trinajstić information content (AvgIpc) is 3.41. The summed E-state index contributed by atoms with van der Waals surface area (Å²) >= 11 is 1.54. The average molecular weight is 451 g/mol. The number of phenolic OH excluding ortho intramolecular Hbond substituents is 1. The summed E-state index contributed by atoms with van der Waals surface area (Å²) < 4.78 is 19.2. The Kier molecular flexibility index (Phi) is 5.45. The van der Waals surface area contributed by atoms with Crippen molar-refractivity contribution < 1.29 is 19.0 Å². The number of phenols is 1. The van der Waals surface area contributed by atoms with Gasteiger partial charge in [-0.3, -0.25) is 9.69 Å². The van der Waals surface area contributed by atoms with Gasteiger partial charge in [-0.25, -0.2) is 4.39 Å². The van der Waals surface area contributed by atoms with Crippen molar-refractivity contribution in [2.45, 2.75) is 13.5 Å². The molecule has 0 spiro atoms. The summed E-state index contributed by atoms with van der Waals surface area (Å²) in [7, 11) is 0. The molecule has 1 fully saturated rings. The number of carbonyl (C=O) groups excluding carboxylic acids is 1. The molecule has 7 heteroatoms. The zero-order valence-corrected chi connectivity index (χ0v) is 18.5. The lowest BCUT2D eigenvalue weighted by Gasteiger charge is -2.36. The van der Waals surface area contributed by atoms with Crippen LogP contribution in [0.3, 0.4) is 0 Å². The van der Waals surface area contributed by atoms with Crippen LogP contribution in [0.4, 0.5) is 10.1 Å². The van der Waals surface area contributed by atoms with Crippen molar-refractivity contribution in [1.29, 1.82) is 0 Å². The van der Waals surface area contributed by atoms with Gasteiger partial charge < -0.3 is 14.7 Å². The summed E-state index contributed by atoms with van der Waals surface area (Å²) in [5.41, 5.74) is 2.89. The van der Waals surface area contributed by atoms with E-state index in [2.05, 4.69) is 9.80 Å². The van der Waals surface area contributed by atoms with Crippen LogP contribution in [0.1, 0.15) is 26.4 Å². The van der Waals surface area contributed by atoms with Crippen molar-refractivity contribution in [2.24, 2.45) is 0 Å². The van der Waals surface area contributed by atoms with Crippen molar-refractivity contribution in [3.05, 3.63) is 81.0 Å². The van der Waals surface area contributed by atoms with Gasteiger partial charge in [0.1, 0.15) is 17.3 Å². The first-order valence-corrected chi connectivity index (χ1v) is 11.4. The number of halogens is 1. The molecule has 5 rings (SSSR count). The number of hydrogen-bond acceptors (Lipinski definition) is 6. The second-order valence-electron chi connectivity index (χ2n) is 8.09. The van der Waals surface area contributed by atoms with Crippen LogP contribution in [0.25, 0.3) is 6.08 Å². The van der Waals surface area contributed by atoms with Gasteiger partial charge in [0.25, 0.3) is 0 Å². The fraction of sp³-hybridized carbons (Fsp3) is 0.240. The number of piperazine rings is 1. The standard InChI is InChI=1S/C25H23FN2O3S/c1-16-13-21(29)20(25-23(16)24(30)22(31-25)14-19-3-2-12-32-19)15-27-8-10-28(11-9-27)18-6-4-17(26)5-7-18/h2-7,12-14,29H,8-11,15H2,1H3/b22-14-. The Morgan fingerprint density at radius 3 is 2.59 bits per heavy atom. The third kappa shape index (κ3) is 3.89. The van der Waals surface area contributed by atoms with Gasteiger partial charge in [0, 0.05) is 49.4 Å². The summed E-state index contributed by atoms with van der Waals surface area (Å²) in [4.78, 5) is 18.4. The molecule has 0 atom stereocenters. The van der Waals surface area contributed by atoms with Crippen LogP contribution in [0.5, 0.6) is 11.5 Å². The van der Waals surface area contributed by atoms with Crippen LogP contribution in [0, 0.1) is 12.7 Å². The third-order valence-electron chi connectivity index (χ3n) is 5.98. The Morgan fingerprint density at radius 1 is 1.16 bits per heavy atom. The van der Waals surface area contributed by atoms with E-state index in [9.17, 15) is 14.3 Å². The van der Waals surface area contributed by atoms with Crippen molar-refractivity contribution in [3.63, 3.8) is 0 Å². The van der Waals surface area contributed by atoms with E-state index in [0.29, 0.717) is 34.7 Å². The molecule has 0 bridgehead atoms. The fourth-order valence-corrected chi connectivity index (χ4v) is 4.92. The quantitative estimate of drug-likeness (QED) is 0.577. The molecule has 1 aromatic heterocycles. The Bertz CT molecular complexity index is 1180. The summed E-state index contributed by atoms with van der Waals surface area (Å²) in [6, 6.07) is 12.1. The highest BCUT2D eigenvalue weighted by Crippen LogP contribution is 2.42. The number of allylic oxidation sites excluding steroid dienone is 1. The number of fused-ring (bicyclic) bond motifs is 1. The second kappa shape index (κ2) is 8.41. The minimum atomic E-state index is -0.238. The lowest BCUT2D eigenvalue weighted by Crippen LogP contribution is -2.46. The number of aromatic hydroxyl groups is 1. The summed E-state index contributed by atoms with van der Waals surface area (Å²) in [6.45, 7) is 5.47. The van der Waals surface area contributed by atoms with Crippen molar-refractivity contribution in [1.82, 2.24) is 4.90 Å². The van der Waals surface area contributed by atoms with Crippen molar-refractivity contribution in [2.75, 3.05) is 31.1 Å². The zero-order chi connectivity index (χ0) is 22.2. The minimum absolute atomic E-state index is 0.145. The second-order valence-corrected chi connectivity index (χ2v) is 9.07. The van der Waals surface area contributed by atoms with Crippen LogP contribution < -0.4 is 9.64 Å². The number of rotatable bonds is 4. The van der Waals surface area contributed by atoms with Gasteiger partial charge in [-0.2, -0.15) is 0 Å². The summed E-state index contributed by atoms with van der Waals surface area (Å²) in [5, 5.41) is 12.6. The number of ether oxygens (including phenoxy) is 1. The molecule has 0 aliphatic carbocycles. The van der Waals surface area contributed by atoms with E-state index in [1.165, 1.54) is 23.5 Å². The lowest BCUT2D eigenvalue weighted by molar-refractivity contribution is 0.101. The lowest BCUT2D eigenvalue weighted by atomic mass is 9.99. The molecular formula is C25H23FN2O3S. The highest BCUT2D eigenvalue weighted by Gasteiger charge is 2.34. The largest absolute Gasteiger partial charge is 0.507 e. The number of thiophene rings is 1. The monoisotopic (exact) mass is 450 g/mol. The number of nitrogens with zero attached hydrogens (tertiary/aromatic N) is 2. The molecule has 3 aromatic rings. The first-order chi connectivity index (χ1) is 15.5. The maximum atomic E-state index is 13.2. The Balaban J connectivity index is 1.35. The molecule has 0 saturated carbocycles. The van der Waals surface area contributed by atoms with Crippen molar-refractivity contribution in [3.8, 4) is 11.5 Å². The molecular weight excluding hydrogens is 427 g/mol. The zero-order valence-electron chi connectivity index (χ0n) is 17.7. The van der Waals surface area contributed by atoms with Gasteiger partial charge in [-0.05, 0) is 54.3 Å². The normalized spacial score (nSPS) is 17.6. The van der Waals surface area contributed by atoms with Gasteiger partial charge in [-0.15, -0.1) is 11.3 Å². The Morgan fingerprint density at radius 2 is 1.91 bits per heavy atom. The maximum Gasteiger partial charge on any atom is 0.232 e. The number of Topliss-reactive ketones (excluding diaryl/α,β-unsaturated/α-hetero) is 1. The first-order valence-electron chi connectivity index (χ1n) is 10.6. The number of carbonyl (C=O) groups is 1. The molecule has 5 nitrogen and oxygen atoms in total. The van der Waals surface area contributed by atoms with Crippen molar-refractivity contribution >= 4 is 28.9 Å². The van der Waals surface area contributed by atoms with Crippen LogP contribution in [0.2, 0.25) is 0 Å². The van der Waals surface area contributed by atoms with E-state index in [1.807, 2.05) is 24.4 Å². The van der Waals surface area contributed by atoms with Crippen LogP contribution in [-0.4, -0.2) is 42.0 Å². The molecule has 1 N–H and O–H groups in total. The van der Waals surface area contributed by atoms with Gasteiger partial charge in [0.2, 0.25) is 5.78 Å². The number of benzene rings is 2. The molecule has 3 heterocycles. The predicted octanol–water partition coefficient (Wildman–Crippen LogP) is 4.84. The number of anilines is 1. The van der Waals surface area contributed by atoms with Crippen LogP contribution in [-0.2, 0) is 6.54 Å². The molecule has 0 amide bonds. The number of hydrogen-bond donors (Lipinski definition) is 1. The molecule has 2 aliphatic heterocycles. The number of ketones is 1. The third-order valence-corrected chi connectivity index (χ3v) is 6.80. The minimum Gasteiger partial charge on any atom is -0.507 e. The van der Waals surface area contributed by atoms with E-state index >= 15 is 0 Å². The fourth-order valence-electron chi connectivity index (χ4n) is 4.28.